The van der Waals surface area contributed by atoms with Gasteiger partial charge in [0.25, 0.3) is 0 Å². The molecule has 0 saturated heterocycles. The minimum Gasteiger partial charge on any atom is -0.391 e. The number of hydrogen-bond acceptors (Lipinski definition) is 6. The molecular weight excluding hydrogens is 384 g/mol. The third kappa shape index (κ3) is 3.86. The Bertz CT molecular complexity index is 694. The summed E-state index contributed by atoms with van der Waals surface area (Å²) in [6, 6.07) is 1.48. The first-order valence-corrected chi connectivity index (χ1v) is 9.69. The van der Waals surface area contributed by atoms with Crippen LogP contribution in [-0.4, -0.2) is 25.1 Å². The van der Waals surface area contributed by atoms with Gasteiger partial charge < -0.3 is 5.11 Å². The van der Waals surface area contributed by atoms with Gasteiger partial charge in [-0.05, 0) is 28.9 Å². The van der Waals surface area contributed by atoms with Crippen molar-refractivity contribution in [3.05, 3.63) is 30.8 Å². The maximum Gasteiger partial charge on any atom is 0.242 e. The van der Waals surface area contributed by atoms with Gasteiger partial charge in [-0.2, -0.15) is 0 Å². The zero-order valence-electron chi connectivity index (χ0n) is 10.6. The molecule has 0 radical (unpaired) electrons. The first-order valence-electron chi connectivity index (χ1n) is 5.72. The number of hydrogen-bond donors (Lipinski definition) is 2. The van der Waals surface area contributed by atoms with Crippen molar-refractivity contribution in [2.75, 3.05) is 6.54 Å². The number of nitrogens with one attached hydrogen (secondary N) is 1. The van der Waals surface area contributed by atoms with Gasteiger partial charge in [-0.3, -0.25) is 0 Å². The SMILES string of the molecule is Cc1nc(CCNS(=O)(=O)c2cc(CO)sc2Br)cs1. The Morgan fingerprint density at radius 3 is 2.80 bits per heavy atom. The van der Waals surface area contributed by atoms with E-state index in [9.17, 15) is 8.42 Å². The Balaban J connectivity index is 2.01. The van der Waals surface area contributed by atoms with E-state index in [1.54, 1.807) is 11.3 Å². The maximum absolute atomic E-state index is 12.1. The molecule has 2 N–H and O–H groups in total. The highest BCUT2D eigenvalue weighted by Crippen LogP contribution is 2.31. The molecule has 0 aromatic carbocycles. The van der Waals surface area contributed by atoms with Gasteiger partial charge >= 0.3 is 0 Å². The normalized spacial score (nSPS) is 11.9. The van der Waals surface area contributed by atoms with E-state index in [4.69, 9.17) is 5.11 Å². The number of sulfonamides is 1. The molecule has 0 spiro atoms. The smallest absolute Gasteiger partial charge is 0.242 e. The van der Waals surface area contributed by atoms with Crippen LogP contribution < -0.4 is 4.72 Å². The number of nitrogens with zero attached hydrogens (tertiary/aromatic N) is 1. The summed E-state index contributed by atoms with van der Waals surface area (Å²) < 4.78 is 27.3. The van der Waals surface area contributed by atoms with E-state index in [0.717, 1.165) is 10.7 Å². The van der Waals surface area contributed by atoms with Crippen molar-refractivity contribution < 1.29 is 13.5 Å². The second-order valence-electron chi connectivity index (χ2n) is 4.01. The molecular formula is C11H13BrN2O3S3. The molecule has 5 nitrogen and oxygen atoms in total. The molecule has 2 aromatic rings. The summed E-state index contributed by atoms with van der Waals surface area (Å²) in [5.74, 6) is 0. The predicted octanol–water partition coefficient (Wildman–Crippen LogP) is 2.29. The summed E-state index contributed by atoms with van der Waals surface area (Å²) in [6.45, 7) is 2.04. The highest BCUT2D eigenvalue weighted by atomic mass is 79.9. The summed E-state index contributed by atoms with van der Waals surface area (Å²) in [5, 5.41) is 11.9. The summed E-state index contributed by atoms with van der Waals surface area (Å²) in [5.41, 5.74) is 0.885. The molecule has 110 valence electrons. The van der Waals surface area contributed by atoms with E-state index < -0.39 is 10.0 Å². The van der Waals surface area contributed by atoms with Gasteiger partial charge in [-0.1, -0.05) is 0 Å². The second kappa shape index (κ2) is 6.63. The van der Waals surface area contributed by atoms with Gasteiger partial charge in [0.05, 0.1) is 21.1 Å². The molecule has 0 amide bonds. The molecule has 0 bridgehead atoms. The van der Waals surface area contributed by atoms with Crippen LogP contribution in [0.2, 0.25) is 0 Å². The number of rotatable bonds is 6. The Morgan fingerprint density at radius 1 is 1.50 bits per heavy atom. The van der Waals surface area contributed by atoms with Crippen LogP contribution in [0.3, 0.4) is 0 Å². The topological polar surface area (TPSA) is 79.3 Å². The van der Waals surface area contributed by atoms with Gasteiger partial charge in [0.15, 0.2) is 0 Å². The lowest BCUT2D eigenvalue weighted by molar-refractivity contribution is 0.285. The summed E-state index contributed by atoms with van der Waals surface area (Å²) in [7, 11) is -3.57. The van der Waals surface area contributed by atoms with Crippen LogP contribution >= 0.6 is 38.6 Å². The van der Waals surface area contributed by atoms with Crippen molar-refractivity contribution in [1.82, 2.24) is 9.71 Å². The lowest BCUT2D eigenvalue weighted by atomic mass is 10.3. The van der Waals surface area contributed by atoms with Crippen LogP contribution in [0, 0.1) is 6.92 Å². The highest BCUT2D eigenvalue weighted by molar-refractivity contribution is 9.11. The Hall–Kier alpha value is -0.320. The largest absolute Gasteiger partial charge is 0.391 e. The van der Waals surface area contributed by atoms with Crippen LogP contribution in [0.25, 0.3) is 0 Å². The van der Waals surface area contributed by atoms with E-state index in [0.29, 0.717) is 21.6 Å². The fourth-order valence-corrected chi connectivity index (χ4v) is 5.79. The second-order valence-corrected chi connectivity index (χ2v) is 9.27. The number of aliphatic hydroxyl groups excluding tert-OH is 1. The number of aliphatic hydroxyl groups is 1. The number of halogens is 1. The van der Waals surface area contributed by atoms with Crippen LogP contribution in [-0.2, 0) is 23.1 Å². The van der Waals surface area contributed by atoms with E-state index >= 15 is 0 Å². The molecule has 9 heteroatoms. The van der Waals surface area contributed by atoms with Gasteiger partial charge in [0.2, 0.25) is 10.0 Å². The van der Waals surface area contributed by atoms with Crippen molar-refractivity contribution >= 4 is 48.6 Å². The quantitative estimate of drug-likeness (QED) is 0.784. The monoisotopic (exact) mass is 396 g/mol. The molecule has 2 aromatic heterocycles. The first kappa shape index (κ1) is 16.1. The molecule has 2 heterocycles. The zero-order chi connectivity index (χ0) is 14.8. The molecule has 0 aliphatic carbocycles. The van der Waals surface area contributed by atoms with Crippen molar-refractivity contribution in [3.63, 3.8) is 0 Å². The number of thiophene rings is 1. The Kier molecular flexibility index (Phi) is 5.32. The Labute approximate surface area is 133 Å². The minimum atomic E-state index is -3.57. The molecule has 0 aliphatic rings. The highest BCUT2D eigenvalue weighted by Gasteiger charge is 2.20. The van der Waals surface area contributed by atoms with Gasteiger partial charge in [0.1, 0.15) is 4.90 Å². The lowest BCUT2D eigenvalue weighted by Crippen LogP contribution is -2.26. The summed E-state index contributed by atoms with van der Waals surface area (Å²) in [6.07, 6.45) is 0.554. The van der Waals surface area contributed by atoms with Crippen LogP contribution in [0.15, 0.2) is 20.1 Å². The lowest BCUT2D eigenvalue weighted by Gasteiger charge is -2.04. The number of aromatic nitrogens is 1. The van der Waals surface area contributed by atoms with Crippen LogP contribution in [0.5, 0.6) is 0 Å². The minimum absolute atomic E-state index is 0.168. The average molecular weight is 397 g/mol. The van der Waals surface area contributed by atoms with E-state index in [2.05, 4.69) is 25.6 Å². The van der Waals surface area contributed by atoms with Crippen LogP contribution in [0.1, 0.15) is 15.6 Å². The number of thiazole rings is 1. The van der Waals surface area contributed by atoms with Gasteiger partial charge in [-0.25, -0.2) is 18.1 Å². The van der Waals surface area contributed by atoms with E-state index in [1.165, 1.54) is 17.4 Å². The van der Waals surface area contributed by atoms with Crippen molar-refractivity contribution in [2.24, 2.45) is 0 Å². The van der Waals surface area contributed by atoms with Gasteiger partial charge in [0, 0.05) is 23.2 Å². The van der Waals surface area contributed by atoms with E-state index in [1.807, 2.05) is 12.3 Å². The molecule has 0 unspecified atom stereocenters. The summed E-state index contributed by atoms with van der Waals surface area (Å²) >= 11 is 5.97. The molecule has 2 rings (SSSR count). The third-order valence-corrected chi connectivity index (χ3v) is 7.01. The van der Waals surface area contributed by atoms with Crippen molar-refractivity contribution in [3.8, 4) is 0 Å². The fourth-order valence-electron chi connectivity index (χ4n) is 1.57. The van der Waals surface area contributed by atoms with Crippen molar-refractivity contribution in [1.29, 1.82) is 0 Å². The van der Waals surface area contributed by atoms with E-state index in [-0.39, 0.29) is 11.5 Å². The molecule has 0 fully saturated rings. The molecule has 0 aliphatic heterocycles. The molecule has 0 saturated carbocycles. The standard InChI is InChI=1S/C11H13BrN2O3S3/c1-7-14-8(6-18-7)2-3-13-20(16,17)10-4-9(5-15)19-11(10)12/h4,6,13,15H,2-3,5H2,1H3. The van der Waals surface area contributed by atoms with Gasteiger partial charge in [-0.15, -0.1) is 22.7 Å². The summed E-state index contributed by atoms with van der Waals surface area (Å²) in [4.78, 5) is 5.05. The average Bonchev–Trinajstić information content (AvgIpc) is 2.95. The van der Waals surface area contributed by atoms with Crippen LogP contribution in [0.4, 0.5) is 0 Å². The maximum atomic E-state index is 12.1. The molecule has 20 heavy (non-hydrogen) atoms. The molecule has 0 atom stereocenters. The first-order chi connectivity index (χ1) is 9.42. The zero-order valence-corrected chi connectivity index (χ0v) is 14.6. The number of aryl methyl sites for hydroxylation is 1. The van der Waals surface area contributed by atoms with Crippen molar-refractivity contribution in [2.45, 2.75) is 24.8 Å². The third-order valence-electron chi connectivity index (χ3n) is 2.49. The fraction of sp³-hybridized carbons (Fsp3) is 0.364. The predicted molar refractivity (Wildman–Crippen MR) is 83.7 cm³/mol. The Morgan fingerprint density at radius 2 is 2.25 bits per heavy atom.